The SMILES string of the molecule is C=CCn1c(=O)c2ccccc2n2c(=S)n(CNC(c3cccs3)C(C)(C)C)nc12. The summed E-state index contributed by atoms with van der Waals surface area (Å²) >= 11 is 7.51. The first-order valence-electron chi connectivity index (χ1n) is 9.81. The first-order valence-corrected chi connectivity index (χ1v) is 11.1. The molecule has 1 aromatic carbocycles. The smallest absolute Gasteiger partial charge is 0.263 e. The summed E-state index contributed by atoms with van der Waals surface area (Å²) in [6.07, 6.45) is 1.70. The number of nitrogens with zero attached hydrogens (tertiary/aromatic N) is 4. The van der Waals surface area contributed by atoms with Gasteiger partial charge >= 0.3 is 0 Å². The Morgan fingerprint density at radius 1 is 1.27 bits per heavy atom. The van der Waals surface area contributed by atoms with Gasteiger partial charge in [0, 0.05) is 17.5 Å². The van der Waals surface area contributed by atoms with E-state index in [0.29, 0.717) is 29.1 Å². The average Bonchev–Trinajstić information content (AvgIpc) is 3.33. The van der Waals surface area contributed by atoms with Crippen LogP contribution in [-0.2, 0) is 13.2 Å². The fraction of sp³-hybridized carbons (Fsp3) is 0.318. The summed E-state index contributed by atoms with van der Waals surface area (Å²) in [5.74, 6) is 0.522. The van der Waals surface area contributed by atoms with E-state index < -0.39 is 0 Å². The van der Waals surface area contributed by atoms with Crippen molar-refractivity contribution < 1.29 is 0 Å². The van der Waals surface area contributed by atoms with Gasteiger partial charge < -0.3 is 0 Å². The second kappa shape index (κ2) is 7.94. The molecular formula is C22H25N5OS2. The van der Waals surface area contributed by atoms with Crippen LogP contribution in [-0.4, -0.2) is 18.7 Å². The number of allylic oxidation sites excluding steroid dienone is 1. The number of hydrogen-bond donors (Lipinski definition) is 1. The van der Waals surface area contributed by atoms with Gasteiger partial charge in [0.05, 0.1) is 17.6 Å². The molecule has 0 aliphatic heterocycles. The molecule has 6 nitrogen and oxygen atoms in total. The van der Waals surface area contributed by atoms with Gasteiger partial charge in [-0.05, 0) is 41.2 Å². The molecule has 4 aromatic rings. The Bertz CT molecular complexity index is 1320. The summed E-state index contributed by atoms with van der Waals surface area (Å²) in [7, 11) is 0. The Labute approximate surface area is 184 Å². The number of benzene rings is 1. The first kappa shape index (κ1) is 20.7. The molecule has 1 unspecified atom stereocenters. The molecule has 0 saturated carbocycles. The molecule has 4 rings (SSSR count). The predicted molar refractivity (Wildman–Crippen MR) is 126 cm³/mol. The van der Waals surface area contributed by atoms with Crippen LogP contribution in [0.5, 0.6) is 0 Å². The molecule has 3 heterocycles. The van der Waals surface area contributed by atoms with Crippen molar-refractivity contribution in [3.05, 3.63) is 74.4 Å². The standard InChI is InChI=1S/C22H25N5OS2/c1-5-12-25-19(28)15-9-6-7-10-16(15)27-20(25)24-26(21(27)29)14-23-18(22(2,3)4)17-11-8-13-30-17/h5-11,13,18,23H,1,12,14H2,2-4H3. The number of aromatic nitrogens is 4. The summed E-state index contributed by atoms with van der Waals surface area (Å²) in [6, 6.07) is 11.8. The van der Waals surface area contributed by atoms with Crippen LogP contribution < -0.4 is 10.9 Å². The van der Waals surface area contributed by atoms with Crippen LogP contribution in [0.2, 0.25) is 0 Å². The molecule has 1 N–H and O–H groups in total. The highest BCUT2D eigenvalue weighted by atomic mass is 32.1. The molecule has 0 bridgehead atoms. The normalized spacial score (nSPS) is 13.2. The number of fused-ring (bicyclic) bond motifs is 3. The van der Waals surface area contributed by atoms with Crippen LogP contribution in [0.25, 0.3) is 16.7 Å². The fourth-order valence-electron chi connectivity index (χ4n) is 3.73. The van der Waals surface area contributed by atoms with E-state index in [-0.39, 0.29) is 17.0 Å². The molecule has 1 atom stereocenters. The van der Waals surface area contributed by atoms with Gasteiger partial charge in [0.1, 0.15) is 0 Å². The maximum atomic E-state index is 13.0. The molecule has 0 amide bonds. The van der Waals surface area contributed by atoms with Gasteiger partial charge in [-0.15, -0.1) is 23.0 Å². The topological polar surface area (TPSA) is 56.3 Å². The minimum absolute atomic E-state index is 0.0177. The van der Waals surface area contributed by atoms with Crippen LogP contribution in [0, 0.1) is 10.2 Å². The number of thiophene rings is 1. The van der Waals surface area contributed by atoms with Crippen LogP contribution in [0.1, 0.15) is 31.7 Å². The predicted octanol–water partition coefficient (Wildman–Crippen LogP) is 4.76. The molecule has 0 aliphatic carbocycles. The quantitative estimate of drug-likeness (QED) is 0.348. The summed E-state index contributed by atoms with van der Waals surface area (Å²) in [4.78, 5) is 14.3. The molecule has 3 aromatic heterocycles. The summed E-state index contributed by atoms with van der Waals surface area (Å²) in [5.41, 5.74) is 0.688. The minimum Gasteiger partial charge on any atom is -0.290 e. The van der Waals surface area contributed by atoms with Crippen LogP contribution in [0.4, 0.5) is 0 Å². The van der Waals surface area contributed by atoms with Gasteiger partial charge in [-0.25, -0.2) is 4.68 Å². The van der Waals surface area contributed by atoms with Gasteiger partial charge in [-0.2, -0.15) is 0 Å². The van der Waals surface area contributed by atoms with Gasteiger partial charge in [0.15, 0.2) is 0 Å². The van der Waals surface area contributed by atoms with Gasteiger partial charge in [0.25, 0.3) is 5.56 Å². The van der Waals surface area contributed by atoms with Crippen molar-refractivity contribution in [1.29, 1.82) is 0 Å². The minimum atomic E-state index is -0.0933. The van der Waals surface area contributed by atoms with Crippen LogP contribution in [0.15, 0.2) is 59.2 Å². The Hall–Kier alpha value is -2.55. The number of hydrogen-bond acceptors (Lipinski definition) is 5. The van der Waals surface area contributed by atoms with E-state index in [9.17, 15) is 4.79 Å². The number of nitrogens with one attached hydrogen (secondary N) is 1. The van der Waals surface area contributed by atoms with Crippen molar-refractivity contribution in [2.45, 2.75) is 40.0 Å². The fourth-order valence-corrected chi connectivity index (χ4v) is 5.06. The molecule has 0 fully saturated rings. The zero-order valence-corrected chi connectivity index (χ0v) is 19.0. The third-order valence-corrected chi connectivity index (χ3v) is 6.47. The van der Waals surface area contributed by atoms with E-state index in [1.54, 1.807) is 26.7 Å². The van der Waals surface area contributed by atoms with E-state index in [1.807, 2.05) is 28.7 Å². The summed E-state index contributed by atoms with van der Waals surface area (Å²) < 4.78 is 5.78. The molecule has 30 heavy (non-hydrogen) atoms. The Morgan fingerprint density at radius 2 is 2.03 bits per heavy atom. The zero-order valence-electron chi connectivity index (χ0n) is 17.3. The second-order valence-electron chi connectivity index (χ2n) is 8.32. The van der Waals surface area contributed by atoms with E-state index in [0.717, 1.165) is 5.52 Å². The lowest BCUT2D eigenvalue weighted by molar-refractivity contribution is 0.255. The average molecular weight is 440 g/mol. The van der Waals surface area contributed by atoms with Gasteiger partial charge in [0.2, 0.25) is 10.5 Å². The summed E-state index contributed by atoms with van der Waals surface area (Å²) in [5, 5.41) is 11.0. The molecule has 8 heteroatoms. The van der Waals surface area contributed by atoms with Gasteiger partial charge in [-0.3, -0.25) is 19.1 Å². The Morgan fingerprint density at radius 3 is 2.70 bits per heavy atom. The van der Waals surface area contributed by atoms with E-state index >= 15 is 0 Å². The largest absolute Gasteiger partial charge is 0.290 e. The maximum absolute atomic E-state index is 13.0. The lowest BCUT2D eigenvalue weighted by atomic mass is 9.86. The third-order valence-electron chi connectivity index (χ3n) is 5.13. The third kappa shape index (κ3) is 3.55. The first-order chi connectivity index (χ1) is 14.3. The van der Waals surface area contributed by atoms with Crippen molar-refractivity contribution in [3.8, 4) is 0 Å². The molecule has 0 radical (unpaired) electrons. The highest BCUT2D eigenvalue weighted by molar-refractivity contribution is 7.71. The monoisotopic (exact) mass is 439 g/mol. The zero-order chi connectivity index (χ0) is 21.5. The molecule has 0 aliphatic rings. The Balaban J connectivity index is 1.83. The van der Waals surface area contributed by atoms with Crippen molar-refractivity contribution >= 4 is 40.2 Å². The lowest BCUT2D eigenvalue weighted by Crippen LogP contribution is -2.33. The second-order valence-corrected chi connectivity index (χ2v) is 9.66. The lowest BCUT2D eigenvalue weighted by Gasteiger charge is -2.30. The van der Waals surface area contributed by atoms with Crippen molar-refractivity contribution in [1.82, 2.24) is 24.1 Å². The van der Waals surface area contributed by atoms with E-state index in [4.69, 9.17) is 17.3 Å². The highest BCUT2D eigenvalue weighted by Gasteiger charge is 2.27. The molecule has 0 spiro atoms. The van der Waals surface area contributed by atoms with E-state index in [2.05, 4.69) is 50.2 Å². The maximum Gasteiger partial charge on any atom is 0.263 e. The van der Waals surface area contributed by atoms with Crippen molar-refractivity contribution in [2.75, 3.05) is 0 Å². The van der Waals surface area contributed by atoms with Crippen molar-refractivity contribution in [3.63, 3.8) is 0 Å². The Kier molecular flexibility index (Phi) is 5.48. The van der Waals surface area contributed by atoms with Gasteiger partial charge in [-0.1, -0.05) is 45.0 Å². The van der Waals surface area contributed by atoms with Crippen LogP contribution >= 0.6 is 23.6 Å². The molecular weight excluding hydrogens is 414 g/mol. The highest BCUT2D eigenvalue weighted by Crippen LogP contribution is 2.35. The number of rotatable bonds is 6. The summed E-state index contributed by atoms with van der Waals surface area (Å²) in [6.45, 7) is 11.2. The van der Waals surface area contributed by atoms with Crippen LogP contribution in [0.3, 0.4) is 0 Å². The molecule has 156 valence electrons. The number of para-hydroxylation sites is 1. The van der Waals surface area contributed by atoms with E-state index in [1.165, 1.54) is 4.88 Å². The molecule has 0 saturated heterocycles. The van der Waals surface area contributed by atoms with Crippen molar-refractivity contribution in [2.24, 2.45) is 5.41 Å².